The minimum atomic E-state index is -3.53. The van der Waals surface area contributed by atoms with Crippen LogP contribution in [0.4, 0.5) is 5.69 Å². The van der Waals surface area contributed by atoms with Gasteiger partial charge in [0, 0.05) is 24.7 Å². The van der Waals surface area contributed by atoms with E-state index in [1.54, 1.807) is 29.2 Å². The predicted molar refractivity (Wildman–Crippen MR) is 96.0 cm³/mol. The van der Waals surface area contributed by atoms with E-state index < -0.39 is 10.0 Å². The summed E-state index contributed by atoms with van der Waals surface area (Å²) in [6, 6.07) is 6.54. The fraction of sp³-hybridized carbons (Fsp3) is 0.562. The summed E-state index contributed by atoms with van der Waals surface area (Å²) >= 11 is 0. The van der Waals surface area contributed by atoms with Crippen molar-refractivity contribution in [1.29, 1.82) is 0 Å². The predicted octanol–water partition coefficient (Wildman–Crippen LogP) is 1.51. The van der Waals surface area contributed by atoms with Crippen molar-refractivity contribution >= 4 is 34.0 Å². The Balaban J connectivity index is 0.00000208. The van der Waals surface area contributed by atoms with Gasteiger partial charge in [0.05, 0.1) is 4.90 Å². The average molecular weight is 374 g/mol. The Morgan fingerprint density at radius 1 is 1.25 bits per heavy atom. The van der Waals surface area contributed by atoms with Crippen LogP contribution in [0.5, 0.6) is 0 Å². The fourth-order valence-corrected chi connectivity index (χ4v) is 4.56. The molecule has 0 aliphatic carbocycles. The Labute approximate surface area is 149 Å². The maximum atomic E-state index is 12.5. The van der Waals surface area contributed by atoms with Crippen molar-refractivity contribution < 1.29 is 13.2 Å². The van der Waals surface area contributed by atoms with Crippen molar-refractivity contribution in [2.24, 2.45) is 5.92 Å². The minimum Gasteiger partial charge on any atom is -0.316 e. The third-order valence-electron chi connectivity index (χ3n) is 4.62. The number of hydrogen-bond acceptors (Lipinski definition) is 4. The van der Waals surface area contributed by atoms with Crippen molar-refractivity contribution in [3.63, 3.8) is 0 Å². The molecule has 1 amide bonds. The van der Waals surface area contributed by atoms with Crippen LogP contribution >= 0.6 is 12.4 Å². The number of carbonyl (C=O) groups is 1. The monoisotopic (exact) mass is 373 g/mol. The SMILES string of the molecule is CC1CNCCC1NS(=O)(=O)c1ccc(N2CCCC2=O)cc1.Cl. The summed E-state index contributed by atoms with van der Waals surface area (Å²) in [5.41, 5.74) is 0.765. The average Bonchev–Trinajstić information content (AvgIpc) is 2.96. The van der Waals surface area contributed by atoms with Crippen LogP contribution in [0, 0.1) is 5.92 Å². The van der Waals surface area contributed by atoms with Crippen LogP contribution in [-0.4, -0.2) is 40.0 Å². The Morgan fingerprint density at radius 3 is 2.54 bits per heavy atom. The second kappa shape index (κ2) is 7.82. The van der Waals surface area contributed by atoms with Crippen molar-refractivity contribution in [2.45, 2.75) is 37.1 Å². The van der Waals surface area contributed by atoms with Gasteiger partial charge < -0.3 is 10.2 Å². The first kappa shape index (κ1) is 19.2. The minimum absolute atomic E-state index is 0. The summed E-state index contributed by atoms with van der Waals surface area (Å²) in [5, 5.41) is 3.26. The molecule has 8 heteroatoms. The van der Waals surface area contributed by atoms with Gasteiger partial charge in [-0.1, -0.05) is 6.92 Å². The molecule has 0 saturated carbocycles. The second-order valence-corrected chi connectivity index (χ2v) is 8.05. The van der Waals surface area contributed by atoms with Gasteiger partial charge in [0.1, 0.15) is 0 Å². The van der Waals surface area contributed by atoms with Crippen molar-refractivity contribution in [2.75, 3.05) is 24.5 Å². The summed E-state index contributed by atoms with van der Waals surface area (Å²) in [7, 11) is -3.53. The van der Waals surface area contributed by atoms with E-state index in [1.807, 2.05) is 6.92 Å². The molecule has 2 aliphatic heterocycles. The van der Waals surface area contributed by atoms with Crippen LogP contribution in [0.3, 0.4) is 0 Å². The molecule has 2 fully saturated rings. The number of benzene rings is 1. The van der Waals surface area contributed by atoms with E-state index >= 15 is 0 Å². The lowest BCUT2D eigenvalue weighted by Gasteiger charge is -2.30. The van der Waals surface area contributed by atoms with Crippen LogP contribution in [0.25, 0.3) is 0 Å². The van der Waals surface area contributed by atoms with Gasteiger partial charge in [-0.05, 0) is 56.1 Å². The quantitative estimate of drug-likeness (QED) is 0.838. The number of amides is 1. The molecule has 2 heterocycles. The van der Waals surface area contributed by atoms with Crippen LogP contribution in [-0.2, 0) is 14.8 Å². The molecule has 0 aromatic heterocycles. The highest BCUT2D eigenvalue weighted by atomic mass is 35.5. The zero-order chi connectivity index (χ0) is 16.4. The summed E-state index contributed by atoms with van der Waals surface area (Å²) in [5.74, 6) is 0.363. The van der Waals surface area contributed by atoms with E-state index in [1.165, 1.54) is 0 Å². The van der Waals surface area contributed by atoms with E-state index in [9.17, 15) is 13.2 Å². The first-order valence-corrected chi connectivity index (χ1v) is 9.59. The number of hydrogen-bond donors (Lipinski definition) is 2. The first-order valence-electron chi connectivity index (χ1n) is 8.11. The molecular weight excluding hydrogens is 350 g/mol. The van der Waals surface area contributed by atoms with E-state index in [4.69, 9.17) is 0 Å². The molecule has 0 bridgehead atoms. The molecule has 0 spiro atoms. The van der Waals surface area contributed by atoms with Gasteiger partial charge in [0.25, 0.3) is 0 Å². The van der Waals surface area contributed by atoms with E-state index in [-0.39, 0.29) is 35.2 Å². The Kier molecular flexibility index (Phi) is 6.25. The number of sulfonamides is 1. The maximum Gasteiger partial charge on any atom is 0.240 e. The van der Waals surface area contributed by atoms with Crippen molar-refractivity contribution in [3.05, 3.63) is 24.3 Å². The number of rotatable bonds is 4. The van der Waals surface area contributed by atoms with Gasteiger partial charge in [-0.25, -0.2) is 13.1 Å². The lowest BCUT2D eigenvalue weighted by molar-refractivity contribution is -0.117. The summed E-state index contributed by atoms with van der Waals surface area (Å²) in [4.78, 5) is 13.7. The number of piperidine rings is 1. The number of halogens is 1. The van der Waals surface area contributed by atoms with Crippen LogP contribution in [0.1, 0.15) is 26.2 Å². The molecular formula is C16H24ClN3O3S. The van der Waals surface area contributed by atoms with E-state index in [0.717, 1.165) is 31.6 Å². The third-order valence-corrected chi connectivity index (χ3v) is 6.13. The number of anilines is 1. The summed E-state index contributed by atoms with van der Waals surface area (Å²) in [6.07, 6.45) is 2.21. The Hall–Kier alpha value is -1.15. The molecule has 3 rings (SSSR count). The van der Waals surface area contributed by atoms with Crippen molar-refractivity contribution in [1.82, 2.24) is 10.0 Å². The fourth-order valence-electron chi connectivity index (χ4n) is 3.18. The molecule has 2 unspecified atom stereocenters. The number of nitrogens with one attached hydrogen (secondary N) is 2. The molecule has 1 aromatic carbocycles. The Morgan fingerprint density at radius 2 is 1.96 bits per heavy atom. The lowest BCUT2D eigenvalue weighted by atomic mass is 9.97. The normalized spacial score (nSPS) is 24.7. The number of nitrogens with zero attached hydrogens (tertiary/aromatic N) is 1. The van der Waals surface area contributed by atoms with Gasteiger partial charge in [0.15, 0.2) is 0 Å². The van der Waals surface area contributed by atoms with E-state index in [2.05, 4.69) is 10.0 Å². The maximum absolute atomic E-state index is 12.5. The first-order chi connectivity index (χ1) is 11.0. The number of carbonyl (C=O) groups excluding carboxylic acids is 1. The van der Waals surface area contributed by atoms with Gasteiger partial charge in [-0.3, -0.25) is 4.79 Å². The lowest BCUT2D eigenvalue weighted by Crippen LogP contribution is -2.48. The molecule has 24 heavy (non-hydrogen) atoms. The Bertz CT molecular complexity index is 678. The van der Waals surface area contributed by atoms with Crippen LogP contribution in [0.2, 0.25) is 0 Å². The summed E-state index contributed by atoms with van der Waals surface area (Å²) < 4.78 is 27.9. The smallest absolute Gasteiger partial charge is 0.240 e. The molecule has 2 atom stereocenters. The molecule has 0 radical (unpaired) electrons. The highest BCUT2D eigenvalue weighted by Gasteiger charge is 2.27. The third kappa shape index (κ3) is 4.08. The molecule has 2 N–H and O–H groups in total. The van der Waals surface area contributed by atoms with Gasteiger partial charge in [-0.2, -0.15) is 0 Å². The highest BCUT2D eigenvalue weighted by molar-refractivity contribution is 7.89. The zero-order valence-electron chi connectivity index (χ0n) is 13.7. The summed E-state index contributed by atoms with van der Waals surface area (Å²) in [6.45, 7) is 4.40. The van der Waals surface area contributed by atoms with Crippen LogP contribution < -0.4 is 14.9 Å². The van der Waals surface area contributed by atoms with Crippen molar-refractivity contribution in [3.8, 4) is 0 Å². The van der Waals surface area contributed by atoms with Gasteiger partial charge >= 0.3 is 0 Å². The highest BCUT2D eigenvalue weighted by Crippen LogP contribution is 2.23. The van der Waals surface area contributed by atoms with Gasteiger partial charge in [-0.15, -0.1) is 12.4 Å². The largest absolute Gasteiger partial charge is 0.316 e. The molecule has 2 aliphatic rings. The molecule has 6 nitrogen and oxygen atoms in total. The topological polar surface area (TPSA) is 78.5 Å². The van der Waals surface area contributed by atoms with E-state index in [0.29, 0.717) is 13.0 Å². The molecule has 134 valence electrons. The zero-order valence-corrected chi connectivity index (χ0v) is 15.3. The molecule has 2 saturated heterocycles. The molecule has 1 aromatic rings. The van der Waals surface area contributed by atoms with Gasteiger partial charge in [0.2, 0.25) is 15.9 Å². The second-order valence-electron chi connectivity index (χ2n) is 6.34. The standard InChI is InChI=1S/C16H23N3O3S.ClH/c1-12-11-17-9-8-15(12)18-23(21,22)14-6-4-13(5-7-14)19-10-2-3-16(19)20;/h4-7,12,15,17-18H,2-3,8-11H2,1H3;1H. The van der Waals surface area contributed by atoms with Crippen LogP contribution in [0.15, 0.2) is 29.2 Å².